The van der Waals surface area contributed by atoms with E-state index in [9.17, 15) is 0 Å². The van der Waals surface area contributed by atoms with E-state index < -0.39 is 0 Å². The van der Waals surface area contributed by atoms with E-state index in [2.05, 4.69) is 133 Å². The maximum Gasteiger partial charge on any atom is 0.164 e. The van der Waals surface area contributed by atoms with Crippen molar-refractivity contribution in [2.24, 2.45) is 0 Å². The predicted molar refractivity (Wildman–Crippen MR) is 196 cm³/mol. The standard InChI is InChI=1S/C43H25N3S/c1-3-11-26(12-4-1)34-24-30(25-36-32-18-9-15-27-16-10-19-33(39(27)32)40(34)36)43-45-41(28-13-5-2-6-14-28)44-42(46-43)29-21-22-38-35(23-29)31-17-7-8-20-37(31)47-38/h1-25H. The Morgan fingerprint density at radius 2 is 0.979 bits per heavy atom. The lowest BCUT2D eigenvalue weighted by atomic mass is 9.91. The molecule has 218 valence electrons. The van der Waals surface area contributed by atoms with E-state index in [1.54, 1.807) is 0 Å². The SMILES string of the molecule is c1ccc(-c2nc(-c3cc(-c4ccccc4)c4c(c3)-c3cccc5cccc-4c35)nc(-c3ccc4sc5ccccc5c4c3)n2)cc1. The summed E-state index contributed by atoms with van der Waals surface area (Å²) in [5, 5.41) is 5.03. The third-order valence-corrected chi connectivity index (χ3v) is 10.4. The Hall–Kier alpha value is -5.97. The second kappa shape index (κ2) is 10.3. The lowest BCUT2D eigenvalue weighted by Crippen LogP contribution is -2.00. The molecule has 0 aliphatic heterocycles. The molecule has 0 N–H and O–H groups in total. The summed E-state index contributed by atoms with van der Waals surface area (Å²) >= 11 is 1.82. The third kappa shape index (κ3) is 4.16. The maximum absolute atomic E-state index is 5.21. The Bertz CT molecular complexity index is 2670. The first-order valence-electron chi connectivity index (χ1n) is 15.8. The minimum Gasteiger partial charge on any atom is -0.208 e. The summed E-state index contributed by atoms with van der Waals surface area (Å²) in [5.41, 5.74) is 10.2. The second-order valence-corrected chi connectivity index (χ2v) is 13.1. The number of fused-ring (bicyclic) bond motifs is 6. The molecule has 0 bridgehead atoms. The van der Waals surface area contributed by atoms with Crippen LogP contribution >= 0.6 is 11.3 Å². The van der Waals surface area contributed by atoms with Crippen LogP contribution in [0, 0.1) is 0 Å². The lowest BCUT2D eigenvalue weighted by molar-refractivity contribution is 1.07. The van der Waals surface area contributed by atoms with Crippen LogP contribution in [0.3, 0.4) is 0 Å². The first-order chi connectivity index (χ1) is 23.3. The van der Waals surface area contributed by atoms with Crippen LogP contribution in [-0.2, 0) is 0 Å². The first-order valence-corrected chi connectivity index (χ1v) is 16.6. The average molecular weight is 616 g/mol. The molecular formula is C43H25N3S. The number of hydrogen-bond donors (Lipinski definition) is 0. The summed E-state index contributed by atoms with van der Waals surface area (Å²) in [6.45, 7) is 0. The molecule has 2 aromatic heterocycles. The van der Waals surface area contributed by atoms with Crippen molar-refractivity contribution < 1.29 is 0 Å². The Kier molecular flexibility index (Phi) is 5.74. The molecule has 0 radical (unpaired) electrons. The summed E-state index contributed by atoms with van der Waals surface area (Å²) < 4.78 is 2.54. The number of nitrogens with zero attached hydrogens (tertiary/aromatic N) is 3. The normalized spacial score (nSPS) is 11.8. The van der Waals surface area contributed by atoms with Crippen molar-refractivity contribution in [1.29, 1.82) is 0 Å². The minimum absolute atomic E-state index is 0.659. The summed E-state index contributed by atoms with van der Waals surface area (Å²) in [4.78, 5) is 15.4. The smallest absolute Gasteiger partial charge is 0.164 e. The monoisotopic (exact) mass is 615 g/mol. The van der Waals surface area contributed by atoms with Crippen LogP contribution in [0.2, 0.25) is 0 Å². The molecular weight excluding hydrogens is 591 g/mol. The van der Waals surface area contributed by atoms with Crippen molar-refractivity contribution in [2.45, 2.75) is 0 Å². The highest BCUT2D eigenvalue weighted by molar-refractivity contribution is 7.25. The van der Waals surface area contributed by atoms with Gasteiger partial charge in [-0.05, 0) is 80.6 Å². The molecule has 7 aromatic carbocycles. The van der Waals surface area contributed by atoms with E-state index in [0.717, 1.165) is 16.7 Å². The molecule has 0 unspecified atom stereocenters. The zero-order valence-electron chi connectivity index (χ0n) is 25.2. The molecule has 3 nitrogen and oxygen atoms in total. The molecule has 0 amide bonds. The van der Waals surface area contributed by atoms with Gasteiger partial charge >= 0.3 is 0 Å². The zero-order chi connectivity index (χ0) is 30.9. The average Bonchev–Trinajstić information content (AvgIpc) is 3.68. The third-order valence-electron chi connectivity index (χ3n) is 9.25. The van der Waals surface area contributed by atoms with Gasteiger partial charge in [0.05, 0.1) is 0 Å². The Labute approximate surface area is 275 Å². The van der Waals surface area contributed by atoms with E-state index in [0.29, 0.717) is 17.5 Å². The molecule has 0 fully saturated rings. The lowest BCUT2D eigenvalue weighted by Gasteiger charge is -2.15. The van der Waals surface area contributed by atoms with Crippen molar-refractivity contribution in [1.82, 2.24) is 15.0 Å². The quantitative estimate of drug-likeness (QED) is 0.198. The van der Waals surface area contributed by atoms with Crippen LogP contribution in [0.1, 0.15) is 0 Å². The molecule has 4 heteroatoms. The predicted octanol–water partition coefficient (Wildman–Crippen LogP) is 11.7. The van der Waals surface area contributed by atoms with Gasteiger partial charge in [0.15, 0.2) is 17.5 Å². The van der Waals surface area contributed by atoms with Gasteiger partial charge < -0.3 is 0 Å². The fourth-order valence-corrected chi connectivity index (χ4v) is 8.19. The molecule has 47 heavy (non-hydrogen) atoms. The molecule has 1 aliphatic carbocycles. The van der Waals surface area contributed by atoms with E-state index >= 15 is 0 Å². The molecule has 9 aromatic rings. The van der Waals surface area contributed by atoms with Gasteiger partial charge in [-0.3, -0.25) is 0 Å². The van der Waals surface area contributed by atoms with Gasteiger partial charge in [0, 0.05) is 36.9 Å². The molecule has 0 atom stereocenters. The highest BCUT2D eigenvalue weighted by Crippen LogP contribution is 2.52. The molecule has 0 saturated heterocycles. The van der Waals surface area contributed by atoms with E-state index in [4.69, 9.17) is 15.0 Å². The number of benzene rings is 7. The van der Waals surface area contributed by atoms with Crippen LogP contribution in [-0.4, -0.2) is 15.0 Å². The first kappa shape index (κ1) is 26.3. The summed E-state index contributed by atoms with van der Waals surface area (Å²) in [5.74, 6) is 1.98. The highest BCUT2D eigenvalue weighted by atomic mass is 32.1. The molecule has 0 spiro atoms. The summed E-state index contributed by atoms with van der Waals surface area (Å²) in [6.07, 6.45) is 0. The van der Waals surface area contributed by atoms with Gasteiger partial charge in [-0.1, -0.05) is 115 Å². The van der Waals surface area contributed by atoms with Gasteiger partial charge in [-0.15, -0.1) is 11.3 Å². The number of thiophene rings is 1. The summed E-state index contributed by atoms with van der Waals surface area (Å²) in [6, 6.07) is 53.8. The van der Waals surface area contributed by atoms with Gasteiger partial charge in [-0.25, -0.2) is 15.0 Å². The van der Waals surface area contributed by atoms with Crippen LogP contribution < -0.4 is 0 Å². The fourth-order valence-electron chi connectivity index (χ4n) is 7.11. The zero-order valence-corrected chi connectivity index (χ0v) is 26.0. The maximum atomic E-state index is 5.21. The van der Waals surface area contributed by atoms with Crippen LogP contribution in [0.15, 0.2) is 152 Å². The van der Waals surface area contributed by atoms with Crippen molar-refractivity contribution in [3.05, 3.63) is 152 Å². The van der Waals surface area contributed by atoms with E-state index in [1.165, 1.54) is 64.3 Å². The van der Waals surface area contributed by atoms with Crippen molar-refractivity contribution in [2.75, 3.05) is 0 Å². The van der Waals surface area contributed by atoms with Crippen LogP contribution in [0.4, 0.5) is 0 Å². The number of hydrogen-bond acceptors (Lipinski definition) is 4. The van der Waals surface area contributed by atoms with Crippen molar-refractivity contribution in [3.8, 4) is 67.5 Å². The van der Waals surface area contributed by atoms with Gasteiger partial charge in [0.25, 0.3) is 0 Å². The fraction of sp³-hybridized carbons (Fsp3) is 0. The van der Waals surface area contributed by atoms with E-state index in [-0.39, 0.29) is 0 Å². The molecule has 0 saturated carbocycles. The molecule has 2 heterocycles. The summed E-state index contributed by atoms with van der Waals surface area (Å²) in [7, 11) is 0. The highest BCUT2D eigenvalue weighted by Gasteiger charge is 2.26. The number of aromatic nitrogens is 3. The van der Waals surface area contributed by atoms with E-state index in [1.807, 2.05) is 29.5 Å². The topological polar surface area (TPSA) is 38.7 Å². The van der Waals surface area contributed by atoms with Gasteiger partial charge in [0.1, 0.15) is 0 Å². The largest absolute Gasteiger partial charge is 0.208 e. The van der Waals surface area contributed by atoms with Gasteiger partial charge in [0.2, 0.25) is 0 Å². The van der Waals surface area contributed by atoms with Crippen molar-refractivity contribution >= 4 is 42.3 Å². The van der Waals surface area contributed by atoms with Gasteiger partial charge in [-0.2, -0.15) is 0 Å². The van der Waals surface area contributed by atoms with Crippen LogP contribution in [0.25, 0.3) is 98.5 Å². The van der Waals surface area contributed by atoms with Crippen LogP contribution in [0.5, 0.6) is 0 Å². The number of rotatable bonds is 4. The molecule has 1 aliphatic rings. The Morgan fingerprint density at radius 1 is 0.362 bits per heavy atom. The Balaban J connectivity index is 1.24. The molecule has 10 rings (SSSR count). The minimum atomic E-state index is 0.659. The Morgan fingerprint density at radius 3 is 1.77 bits per heavy atom. The second-order valence-electron chi connectivity index (χ2n) is 12.0. The van der Waals surface area contributed by atoms with Crippen molar-refractivity contribution in [3.63, 3.8) is 0 Å².